The normalized spacial score (nSPS) is 14.1. The summed E-state index contributed by atoms with van der Waals surface area (Å²) >= 11 is 0. The summed E-state index contributed by atoms with van der Waals surface area (Å²) in [5.41, 5.74) is 3.78. The Morgan fingerprint density at radius 3 is 2.40 bits per heavy atom. The van der Waals surface area contributed by atoms with Crippen LogP contribution in [0.4, 0.5) is 10.1 Å². The molecule has 1 heterocycles. The van der Waals surface area contributed by atoms with Crippen molar-refractivity contribution in [3.8, 4) is 11.3 Å². The van der Waals surface area contributed by atoms with E-state index in [1.54, 1.807) is 0 Å². The second kappa shape index (κ2) is 8.61. The molecule has 0 radical (unpaired) electrons. The van der Waals surface area contributed by atoms with Crippen LogP contribution in [0, 0.1) is 5.82 Å². The van der Waals surface area contributed by atoms with Crippen LogP contribution >= 0.6 is 0 Å². The number of nitrogens with one attached hydrogen (secondary N) is 1. The van der Waals surface area contributed by atoms with Gasteiger partial charge in [-0.3, -0.25) is 9.59 Å². The number of benzene rings is 2. The molecule has 0 fully saturated rings. The van der Waals surface area contributed by atoms with E-state index in [9.17, 15) is 14.0 Å². The Kier molecular flexibility index (Phi) is 5.74. The summed E-state index contributed by atoms with van der Waals surface area (Å²) in [5.74, 6) is -0.714. The van der Waals surface area contributed by atoms with Crippen LogP contribution in [0.3, 0.4) is 0 Å². The van der Waals surface area contributed by atoms with Crippen LogP contribution in [0.25, 0.3) is 11.3 Å². The molecule has 1 aliphatic carbocycles. The average molecular weight is 405 g/mol. The molecular formula is C24H24FN3O2. The predicted octanol–water partition coefficient (Wildman–Crippen LogP) is 4.52. The average Bonchev–Trinajstić information content (AvgIpc) is 2.78. The first-order chi connectivity index (χ1) is 14.6. The number of amides is 1. The molecule has 6 heteroatoms. The number of hydrogen-bond acceptors (Lipinski definition) is 3. The molecule has 0 unspecified atom stereocenters. The number of carbonyl (C=O) groups excluding carboxylic acids is 1. The molecule has 0 bridgehead atoms. The largest absolute Gasteiger partial charge is 0.324 e. The zero-order valence-corrected chi connectivity index (χ0v) is 16.9. The van der Waals surface area contributed by atoms with Gasteiger partial charge < -0.3 is 5.32 Å². The maximum Gasteiger partial charge on any atom is 0.271 e. The summed E-state index contributed by atoms with van der Waals surface area (Å²) in [4.78, 5) is 26.3. The molecule has 4 rings (SSSR count). The maximum absolute atomic E-state index is 13.3. The van der Waals surface area contributed by atoms with Crippen molar-refractivity contribution in [3.05, 3.63) is 81.9 Å². The summed E-state index contributed by atoms with van der Waals surface area (Å²) in [6.07, 6.45) is 3.92. The minimum absolute atomic E-state index is 0.189. The van der Waals surface area contributed by atoms with Crippen LogP contribution in [-0.4, -0.2) is 15.7 Å². The summed E-state index contributed by atoms with van der Waals surface area (Å²) in [6.45, 7) is 1.85. The molecule has 1 atom stereocenters. The fraction of sp³-hybridized carbons (Fsp3) is 0.292. The number of anilines is 1. The number of halogens is 1. The van der Waals surface area contributed by atoms with E-state index in [0.29, 0.717) is 18.5 Å². The van der Waals surface area contributed by atoms with Gasteiger partial charge in [-0.25, -0.2) is 9.07 Å². The van der Waals surface area contributed by atoms with Gasteiger partial charge in [0.2, 0.25) is 5.91 Å². The number of fused-ring (bicyclic) bond motifs is 1. The second-order valence-electron chi connectivity index (χ2n) is 7.55. The van der Waals surface area contributed by atoms with Crippen LogP contribution in [0.1, 0.15) is 43.4 Å². The van der Waals surface area contributed by atoms with Gasteiger partial charge in [0, 0.05) is 16.8 Å². The molecule has 2 aromatic carbocycles. The van der Waals surface area contributed by atoms with E-state index in [1.807, 2.05) is 37.3 Å². The van der Waals surface area contributed by atoms with Gasteiger partial charge in [0.25, 0.3) is 5.56 Å². The molecule has 1 N–H and O–H groups in total. The van der Waals surface area contributed by atoms with Crippen LogP contribution < -0.4 is 10.9 Å². The van der Waals surface area contributed by atoms with Crippen LogP contribution in [0.15, 0.2) is 59.4 Å². The zero-order chi connectivity index (χ0) is 21.1. The number of nitrogens with zero attached hydrogens (tertiary/aromatic N) is 2. The number of rotatable bonds is 5. The number of hydrogen-bond donors (Lipinski definition) is 1. The molecule has 1 amide bonds. The lowest BCUT2D eigenvalue weighted by Crippen LogP contribution is -2.38. The van der Waals surface area contributed by atoms with Crippen LogP contribution in [-0.2, 0) is 17.6 Å². The molecule has 1 aromatic heterocycles. The highest BCUT2D eigenvalue weighted by molar-refractivity contribution is 5.93. The minimum atomic E-state index is -0.753. The Labute approximate surface area is 174 Å². The summed E-state index contributed by atoms with van der Waals surface area (Å²) in [6, 6.07) is 14.6. The van der Waals surface area contributed by atoms with E-state index in [0.717, 1.165) is 41.6 Å². The van der Waals surface area contributed by atoms with E-state index in [2.05, 4.69) is 10.4 Å². The van der Waals surface area contributed by atoms with E-state index >= 15 is 0 Å². The van der Waals surface area contributed by atoms with E-state index in [-0.39, 0.29) is 17.3 Å². The fourth-order valence-corrected chi connectivity index (χ4v) is 4.02. The molecule has 3 aromatic rings. The Morgan fingerprint density at radius 2 is 1.73 bits per heavy atom. The fourth-order valence-electron chi connectivity index (χ4n) is 4.02. The van der Waals surface area contributed by atoms with Crippen molar-refractivity contribution >= 4 is 11.6 Å². The Hall–Kier alpha value is -3.28. The second-order valence-corrected chi connectivity index (χ2v) is 7.55. The van der Waals surface area contributed by atoms with Gasteiger partial charge in [0.15, 0.2) is 0 Å². The third kappa shape index (κ3) is 3.90. The predicted molar refractivity (Wildman–Crippen MR) is 115 cm³/mol. The van der Waals surface area contributed by atoms with Gasteiger partial charge in [0.1, 0.15) is 11.9 Å². The van der Waals surface area contributed by atoms with Gasteiger partial charge in [-0.2, -0.15) is 5.10 Å². The molecule has 154 valence electrons. The third-order valence-electron chi connectivity index (χ3n) is 5.57. The van der Waals surface area contributed by atoms with Gasteiger partial charge in [-0.1, -0.05) is 37.3 Å². The topological polar surface area (TPSA) is 64.0 Å². The van der Waals surface area contributed by atoms with Gasteiger partial charge in [0.05, 0.1) is 5.69 Å². The quantitative estimate of drug-likeness (QED) is 0.679. The molecular weight excluding hydrogens is 381 g/mol. The highest BCUT2D eigenvalue weighted by Gasteiger charge is 2.27. The summed E-state index contributed by atoms with van der Waals surface area (Å²) in [7, 11) is 0. The van der Waals surface area contributed by atoms with Crippen molar-refractivity contribution in [1.82, 2.24) is 9.78 Å². The smallest absolute Gasteiger partial charge is 0.271 e. The molecule has 5 nitrogen and oxygen atoms in total. The standard InChI is InChI=1S/C24H24FN3O2/c1-2-21(23(29)26-18-14-12-17(25)13-15-18)28-24(30)20-11-7-6-10-19(20)22(27-28)16-8-4-3-5-9-16/h3-5,8-9,12-15,21H,2,6-7,10-11H2,1H3,(H,26,29)/t21-/m0/s1. The molecule has 0 saturated carbocycles. The monoisotopic (exact) mass is 405 g/mol. The lowest BCUT2D eigenvalue weighted by Gasteiger charge is -2.23. The number of carbonyl (C=O) groups is 1. The van der Waals surface area contributed by atoms with E-state index in [4.69, 9.17) is 0 Å². The lowest BCUT2D eigenvalue weighted by molar-refractivity contribution is -0.119. The van der Waals surface area contributed by atoms with Gasteiger partial charge >= 0.3 is 0 Å². The Morgan fingerprint density at radius 1 is 1.07 bits per heavy atom. The van der Waals surface area contributed by atoms with Crippen molar-refractivity contribution < 1.29 is 9.18 Å². The van der Waals surface area contributed by atoms with Gasteiger partial charge in [-0.05, 0) is 61.9 Å². The minimum Gasteiger partial charge on any atom is -0.324 e. The molecule has 0 aliphatic heterocycles. The SMILES string of the molecule is CC[C@@H](C(=O)Nc1ccc(F)cc1)n1nc(-c2ccccc2)c2c(c1=O)CCCC2. The van der Waals surface area contributed by atoms with Crippen molar-refractivity contribution in [2.75, 3.05) is 5.32 Å². The van der Waals surface area contributed by atoms with E-state index in [1.165, 1.54) is 28.9 Å². The van der Waals surface area contributed by atoms with Crippen LogP contribution in [0.2, 0.25) is 0 Å². The summed E-state index contributed by atoms with van der Waals surface area (Å²) in [5, 5.41) is 7.47. The molecule has 0 spiro atoms. The highest BCUT2D eigenvalue weighted by atomic mass is 19.1. The van der Waals surface area contributed by atoms with Crippen LogP contribution in [0.5, 0.6) is 0 Å². The molecule has 0 saturated heterocycles. The van der Waals surface area contributed by atoms with Crippen molar-refractivity contribution in [3.63, 3.8) is 0 Å². The first-order valence-corrected chi connectivity index (χ1v) is 10.3. The Bertz CT molecular complexity index is 1110. The van der Waals surface area contributed by atoms with E-state index < -0.39 is 6.04 Å². The number of aromatic nitrogens is 2. The maximum atomic E-state index is 13.3. The third-order valence-corrected chi connectivity index (χ3v) is 5.57. The lowest BCUT2D eigenvalue weighted by atomic mass is 9.89. The molecule has 30 heavy (non-hydrogen) atoms. The highest BCUT2D eigenvalue weighted by Crippen LogP contribution is 2.29. The molecule has 1 aliphatic rings. The Balaban J connectivity index is 1.77. The van der Waals surface area contributed by atoms with Gasteiger partial charge in [-0.15, -0.1) is 0 Å². The van der Waals surface area contributed by atoms with Crippen molar-refractivity contribution in [2.45, 2.75) is 45.1 Å². The first kappa shape index (κ1) is 20.0. The summed E-state index contributed by atoms with van der Waals surface area (Å²) < 4.78 is 14.5. The zero-order valence-electron chi connectivity index (χ0n) is 16.9. The van der Waals surface area contributed by atoms with Crippen molar-refractivity contribution in [1.29, 1.82) is 0 Å². The van der Waals surface area contributed by atoms with Crippen molar-refractivity contribution in [2.24, 2.45) is 0 Å². The first-order valence-electron chi connectivity index (χ1n) is 10.3.